The molecule has 2 N–H and O–H groups in total. The smallest absolute Gasteiger partial charge is 0.375 e. The van der Waals surface area contributed by atoms with Gasteiger partial charge in [-0.05, 0) is 85.6 Å². The molecular weight excluding hydrogens is 552 g/mol. The van der Waals surface area contributed by atoms with E-state index >= 15 is 0 Å². The zero-order chi connectivity index (χ0) is 32.0. The number of rotatable bonds is 13. The Morgan fingerprint density at radius 2 is 1.00 bits per heavy atom. The molecule has 0 aromatic heterocycles. The average molecular weight is 591 g/mol. The summed E-state index contributed by atoms with van der Waals surface area (Å²) in [6, 6.07) is 17.2. The van der Waals surface area contributed by atoms with Crippen LogP contribution in [0.25, 0.3) is 0 Å². The first-order valence-electron chi connectivity index (χ1n) is 12.8. The number of carboxylic acid groups (broad SMARTS) is 2. The van der Waals surface area contributed by atoms with Crippen LogP contribution in [0.4, 0.5) is 0 Å². The minimum absolute atomic E-state index is 0.411. The van der Waals surface area contributed by atoms with Crippen molar-refractivity contribution in [1.82, 2.24) is 0 Å². The highest BCUT2D eigenvalue weighted by molar-refractivity contribution is 5.92. The van der Waals surface area contributed by atoms with Gasteiger partial charge in [0.15, 0.2) is 0 Å². The van der Waals surface area contributed by atoms with Crippen LogP contribution < -0.4 is 0 Å². The summed E-state index contributed by atoms with van der Waals surface area (Å²) < 4.78 is 0. The second-order valence-electron chi connectivity index (χ2n) is 11.1. The third-order valence-electron chi connectivity index (χ3n) is 4.88. The Balaban J connectivity index is 0.000000532. The summed E-state index contributed by atoms with van der Waals surface area (Å²) in [5.74, 6) is -4.80. The van der Waals surface area contributed by atoms with Crippen LogP contribution in [-0.2, 0) is 38.9 Å². The molecule has 0 aliphatic carbocycles. The van der Waals surface area contributed by atoms with E-state index in [4.69, 9.17) is 29.8 Å². The summed E-state index contributed by atoms with van der Waals surface area (Å²) in [6.45, 7) is 12.1. The molecule has 2 aromatic carbocycles. The minimum Gasteiger partial charge on any atom is -0.478 e. The number of carbonyl (C=O) groups excluding carboxylic acids is 2. The summed E-state index contributed by atoms with van der Waals surface area (Å²) >= 11 is 0. The fraction of sp³-hybridized carbons (Fsp3) is 0.400. The lowest BCUT2D eigenvalue weighted by atomic mass is 9.94. The Hall–Kier alpha value is -4.26. The summed E-state index contributed by atoms with van der Waals surface area (Å²) in [4.78, 5) is 74.1. The SMILES string of the molecule is CC(C)(C)OOC(=CC(=O)O)C(=O)O.CC(C)(CCC(C)(C)OOC(=O)c1ccccc1)OOC(=O)c1ccccc1. The molecule has 0 radical (unpaired) electrons. The molecule has 42 heavy (non-hydrogen) atoms. The van der Waals surface area contributed by atoms with Gasteiger partial charge in [0.1, 0.15) is 16.8 Å². The van der Waals surface area contributed by atoms with E-state index in [-0.39, 0.29) is 0 Å². The Morgan fingerprint density at radius 3 is 1.31 bits per heavy atom. The van der Waals surface area contributed by atoms with Gasteiger partial charge in [-0.3, -0.25) is 9.78 Å². The van der Waals surface area contributed by atoms with Crippen LogP contribution in [0, 0.1) is 0 Å². The molecule has 12 heteroatoms. The summed E-state index contributed by atoms with van der Waals surface area (Å²) in [7, 11) is 0. The molecule has 230 valence electrons. The first-order chi connectivity index (χ1) is 19.4. The van der Waals surface area contributed by atoms with Gasteiger partial charge in [0.2, 0.25) is 0 Å². The highest BCUT2D eigenvalue weighted by atomic mass is 17.2. The lowest BCUT2D eigenvalue weighted by Crippen LogP contribution is -2.32. The number of hydrogen-bond donors (Lipinski definition) is 2. The maximum atomic E-state index is 12.0. The van der Waals surface area contributed by atoms with Crippen molar-refractivity contribution >= 4 is 23.9 Å². The van der Waals surface area contributed by atoms with E-state index in [1.165, 1.54) is 0 Å². The maximum Gasteiger partial charge on any atom is 0.375 e. The first-order valence-corrected chi connectivity index (χ1v) is 12.8. The molecule has 0 unspecified atom stereocenters. The lowest BCUT2D eigenvalue weighted by molar-refractivity contribution is -0.325. The van der Waals surface area contributed by atoms with Gasteiger partial charge in [-0.15, -0.1) is 0 Å². The normalized spacial score (nSPS) is 11.9. The minimum atomic E-state index is -1.50. The first kappa shape index (κ1) is 35.8. The molecule has 0 aliphatic heterocycles. The van der Waals surface area contributed by atoms with Crippen molar-refractivity contribution in [2.45, 2.75) is 78.1 Å². The van der Waals surface area contributed by atoms with Crippen molar-refractivity contribution in [2.24, 2.45) is 0 Å². The van der Waals surface area contributed by atoms with Crippen molar-refractivity contribution in [3.05, 3.63) is 83.6 Å². The Labute approximate surface area is 244 Å². The van der Waals surface area contributed by atoms with Crippen LogP contribution in [0.3, 0.4) is 0 Å². The molecule has 12 nitrogen and oxygen atoms in total. The van der Waals surface area contributed by atoms with Gasteiger partial charge in [-0.2, -0.15) is 14.7 Å². The maximum absolute atomic E-state index is 12.0. The van der Waals surface area contributed by atoms with Crippen molar-refractivity contribution in [3.63, 3.8) is 0 Å². The van der Waals surface area contributed by atoms with Crippen LogP contribution in [-0.4, -0.2) is 50.9 Å². The van der Waals surface area contributed by atoms with E-state index in [1.54, 1.807) is 97.0 Å². The van der Waals surface area contributed by atoms with E-state index in [9.17, 15) is 19.2 Å². The third kappa shape index (κ3) is 15.5. The van der Waals surface area contributed by atoms with Crippen LogP contribution in [0.2, 0.25) is 0 Å². The van der Waals surface area contributed by atoms with E-state index in [1.807, 2.05) is 12.1 Å². The molecule has 0 heterocycles. The second-order valence-corrected chi connectivity index (χ2v) is 11.1. The average Bonchev–Trinajstić information content (AvgIpc) is 2.92. The molecule has 0 aliphatic rings. The Morgan fingerprint density at radius 1 is 0.619 bits per heavy atom. The lowest BCUT2D eigenvalue weighted by Gasteiger charge is -2.28. The monoisotopic (exact) mass is 590 g/mol. The summed E-state index contributed by atoms with van der Waals surface area (Å²) in [5.41, 5.74) is -1.37. The largest absolute Gasteiger partial charge is 0.478 e. The summed E-state index contributed by atoms with van der Waals surface area (Å²) in [5, 5.41) is 16.8. The van der Waals surface area contributed by atoms with Crippen LogP contribution in [0.1, 0.15) is 82.0 Å². The van der Waals surface area contributed by atoms with Crippen molar-refractivity contribution < 1.29 is 58.7 Å². The van der Waals surface area contributed by atoms with Gasteiger partial charge >= 0.3 is 23.9 Å². The molecule has 2 rings (SSSR count). The fourth-order valence-electron chi connectivity index (χ4n) is 2.63. The van der Waals surface area contributed by atoms with Gasteiger partial charge in [-0.1, -0.05) is 36.4 Å². The Bertz CT molecular complexity index is 1130. The van der Waals surface area contributed by atoms with E-state index in [0.717, 1.165) is 0 Å². The predicted octanol–water partition coefficient (Wildman–Crippen LogP) is 5.69. The van der Waals surface area contributed by atoms with Gasteiger partial charge < -0.3 is 15.1 Å². The van der Waals surface area contributed by atoms with Crippen LogP contribution in [0.5, 0.6) is 0 Å². The number of hydrogen-bond acceptors (Lipinski definition) is 10. The quantitative estimate of drug-likeness (QED) is 0.127. The van der Waals surface area contributed by atoms with Gasteiger partial charge in [0.25, 0.3) is 5.76 Å². The standard InChI is InChI=1S/C22H26O6.C8H12O6/c1-21(2,27-25-19(23)17-11-7-5-8-12-17)15-16-22(3,4)28-26-20(24)18-13-9-6-10-14-18;1-8(2,3)14-13-5(7(11)12)4-6(9)10/h5-14H,15-16H2,1-4H3;4H,1-3H3,(H,9,10)(H,11,12). The topological polar surface area (TPSA) is 164 Å². The molecule has 0 fully saturated rings. The molecule has 2 aromatic rings. The molecule has 0 atom stereocenters. The highest BCUT2D eigenvalue weighted by Crippen LogP contribution is 2.26. The molecule has 0 bridgehead atoms. The molecule has 0 spiro atoms. The number of carboxylic acids is 2. The van der Waals surface area contributed by atoms with Gasteiger partial charge in [0.05, 0.1) is 17.2 Å². The van der Waals surface area contributed by atoms with E-state index < -0.39 is 46.4 Å². The van der Waals surface area contributed by atoms with Crippen molar-refractivity contribution in [1.29, 1.82) is 0 Å². The second kappa shape index (κ2) is 16.2. The Kier molecular flexibility index (Phi) is 13.8. The van der Waals surface area contributed by atoms with Gasteiger partial charge in [0, 0.05) is 0 Å². The zero-order valence-corrected chi connectivity index (χ0v) is 24.7. The zero-order valence-electron chi connectivity index (χ0n) is 24.7. The molecule has 0 amide bonds. The number of aliphatic carboxylic acids is 2. The van der Waals surface area contributed by atoms with Crippen molar-refractivity contribution in [3.8, 4) is 0 Å². The number of carbonyl (C=O) groups is 4. The van der Waals surface area contributed by atoms with Gasteiger partial charge in [-0.25, -0.2) is 19.2 Å². The summed E-state index contributed by atoms with van der Waals surface area (Å²) in [6.07, 6.45) is 1.42. The predicted molar refractivity (Wildman–Crippen MR) is 149 cm³/mol. The molecule has 0 saturated heterocycles. The number of benzene rings is 2. The molecule has 0 saturated carbocycles. The van der Waals surface area contributed by atoms with Crippen LogP contribution in [0.15, 0.2) is 72.5 Å². The third-order valence-corrected chi connectivity index (χ3v) is 4.88. The van der Waals surface area contributed by atoms with E-state index in [0.29, 0.717) is 30.0 Å². The fourth-order valence-corrected chi connectivity index (χ4v) is 2.63. The molecular formula is C30H38O12. The van der Waals surface area contributed by atoms with Crippen molar-refractivity contribution in [2.75, 3.05) is 0 Å². The van der Waals surface area contributed by atoms with Crippen LogP contribution >= 0.6 is 0 Å². The highest BCUT2D eigenvalue weighted by Gasteiger charge is 2.30. The van der Waals surface area contributed by atoms with E-state index in [2.05, 4.69) is 9.78 Å².